The fraction of sp³-hybridized carbons (Fsp3) is 0.964. The lowest BCUT2D eigenvalue weighted by Crippen LogP contribution is -2.38. The minimum Gasteiger partial charge on any atom is -0.465 e. The number of hydrogen-bond acceptors (Lipinski definition) is 3. The lowest BCUT2D eigenvalue weighted by atomic mass is 10.0. The van der Waals surface area contributed by atoms with Gasteiger partial charge in [0, 0.05) is 0 Å². The molecule has 3 nitrogen and oxygen atoms in total. The van der Waals surface area contributed by atoms with Gasteiger partial charge >= 0.3 is 5.97 Å². The van der Waals surface area contributed by atoms with Crippen molar-refractivity contribution >= 4 is 5.97 Å². The number of carbonyl (C=O) groups excluding carboxylic acids is 1. The van der Waals surface area contributed by atoms with Crippen molar-refractivity contribution in [3.8, 4) is 0 Å². The minimum atomic E-state index is -0.463. The highest BCUT2D eigenvalue weighted by atomic mass is 16.5. The summed E-state index contributed by atoms with van der Waals surface area (Å²) in [5.74, 6) is -0.0328. The molecule has 0 aliphatic rings. The number of carbonyl (C=O) groups is 1. The number of ether oxygens (including phenoxy) is 1. The van der Waals surface area contributed by atoms with Crippen LogP contribution in [0.3, 0.4) is 0 Å². The van der Waals surface area contributed by atoms with E-state index in [1.165, 1.54) is 116 Å². The van der Waals surface area contributed by atoms with E-state index in [9.17, 15) is 4.79 Å². The van der Waals surface area contributed by atoms with Gasteiger partial charge in [0.15, 0.2) is 0 Å². The molecule has 0 rings (SSSR count). The molecule has 0 aliphatic heterocycles. The molecular formula is C28H57NO2. The maximum atomic E-state index is 11.8. The van der Waals surface area contributed by atoms with Crippen molar-refractivity contribution in [3.05, 3.63) is 0 Å². The third-order valence-corrected chi connectivity index (χ3v) is 6.77. The third-order valence-electron chi connectivity index (χ3n) is 6.77. The predicted octanol–water partition coefficient (Wildman–Crippen LogP) is 8.72. The molecule has 0 saturated carbocycles. The summed E-state index contributed by atoms with van der Waals surface area (Å²) in [5, 5.41) is 0. The molecule has 0 amide bonds. The number of esters is 1. The minimum absolute atomic E-state index is 0.197. The molecule has 0 heterocycles. The van der Waals surface area contributed by atoms with Crippen LogP contribution in [0, 0.1) is 5.92 Å². The van der Waals surface area contributed by atoms with Crippen LogP contribution >= 0.6 is 0 Å². The summed E-state index contributed by atoms with van der Waals surface area (Å²) >= 11 is 0. The highest BCUT2D eigenvalue weighted by Gasteiger charge is 2.20. The average molecular weight is 440 g/mol. The van der Waals surface area contributed by atoms with Gasteiger partial charge in [-0.3, -0.25) is 4.79 Å². The van der Waals surface area contributed by atoms with Gasteiger partial charge in [-0.1, -0.05) is 149 Å². The number of hydrogen-bond donors (Lipinski definition) is 1. The Morgan fingerprint density at radius 1 is 0.613 bits per heavy atom. The van der Waals surface area contributed by atoms with Crippen LogP contribution < -0.4 is 5.73 Å². The van der Waals surface area contributed by atoms with Crippen molar-refractivity contribution in [2.45, 2.75) is 162 Å². The third kappa shape index (κ3) is 21.1. The van der Waals surface area contributed by atoms with E-state index in [4.69, 9.17) is 10.5 Å². The summed E-state index contributed by atoms with van der Waals surface area (Å²) in [6.45, 7) is 6.88. The first kappa shape index (κ1) is 30.4. The van der Waals surface area contributed by atoms with E-state index < -0.39 is 6.04 Å². The van der Waals surface area contributed by atoms with Crippen LogP contribution in [0.4, 0.5) is 0 Å². The monoisotopic (exact) mass is 439 g/mol. The standard InChI is InChI=1S/C28H57NO2/c1-4-6-7-8-9-10-11-12-13-14-15-16-17-18-19-20-21-22-23-24-25-31-28(30)27(29)26(3)5-2/h26-27H,4-25,29H2,1-3H3/t26-,27-/m0/s1. The molecule has 186 valence electrons. The van der Waals surface area contributed by atoms with Crippen molar-refractivity contribution in [2.24, 2.45) is 11.7 Å². The molecule has 0 spiro atoms. The molecule has 0 aromatic carbocycles. The smallest absolute Gasteiger partial charge is 0.323 e. The topological polar surface area (TPSA) is 52.3 Å². The second-order valence-corrected chi connectivity index (χ2v) is 9.80. The summed E-state index contributed by atoms with van der Waals surface area (Å²) in [6, 6.07) is -0.463. The second kappa shape index (κ2) is 24.1. The highest BCUT2D eigenvalue weighted by Crippen LogP contribution is 2.15. The van der Waals surface area contributed by atoms with Crippen molar-refractivity contribution in [1.29, 1.82) is 0 Å². The maximum Gasteiger partial charge on any atom is 0.323 e. The summed E-state index contributed by atoms with van der Waals surface area (Å²) in [4.78, 5) is 11.8. The molecule has 31 heavy (non-hydrogen) atoms. The van der Waals surface area contributed by atoms with Crippen LogP contribution in [0.25, 0.3) is 0 Å². The molecule has 0 aromatic heterocycles. The van der Waals surface area contributed by atoms with E-state index in [2.05, 4.69) is 13.8 Å². The molecule has 0 bridgehead atoms. The molecule has 0 aromatic rings. The van der Waals surface area contributed by atoms with E-state index in [1.807, 2.05) is 6.92 Å². The first-order valence-corrected chi connectivity index (χ1v) is 14.1. The van der Waals surface area contributed by atoms with Gasteiger partial charge in [-0.05, 0) is 12.3 Å². The fourth-order valence-corrected chi connectivity index (χ4v) is 4.11. The first-order chi connectivity index (χ1) is 15.1. The quantitative estimate of drug-likeness (QED) is 0.121. The first-order valence-electron chi connectivity index (χ1n) is 14.1. The van der Waals surface area contributed by atoms with Gasteiger partial charge < -0.3 is 10.5 Å². The van der Waals surface area contributed by atoms with Gasteiger partial charge in [0.25, 0.3) is 0 Å². The second-order valence-electron chi connectivity index (χ2n) is 9.80. The Labute approximate surface area is 195 Å². The average Bonchev–Trinajstić information content (AvgIpc) is 2.78. The number of rotatable bonds is 24. The van der Waals surface area contributed by atoms with E-state index in [-0.39, 0.29) is 11.9 Å². The maximum absolute atomic E-state index is 11.8. The van der Waals surface area contributed by atoms with E-state index in [0.717, 1.165) is 19.3 Å². The SMILES string of the molecule is CCCCCCCCCCCCCCCCCCCCCCOC(=O)[C@@H](N)[C@@H](C)CC. The zero-order valence-electron chi connectivity index (χ0n) is 21.6. The number of nitrogens with two attached hydrogens (primary N) is 1. The van der Waals surface area contributed by atoms with E-state index in [1.54, 1.807) is 0 Å². The van der Waals surface area contributed by atoms with Crippen molar-refractivity contribution in [1.82, 2.24) is 0 Å². The molecule has 0 radical (unpaired) electrons. The molecule has 2 atom stereocenters. The van der Waals surface area contributed by atoms with Crippen LogP contribution in [0.5, 0.6) is 0 Å². The largest absolute Gasteiger partial charge is 0.465 e. The fourth-order valence-electron chi connectivity index (χ4n) is 4.11. The Balaban J connectivity index is 3.16. The number of unbranched alkanes of at least 4 members (excludes halogenated alkanes) is 19. The van der Waals surface area contributed by atoms with Crippen molar-refractivity contribution < 1.29 is 9.53 Å². The molecule has 0 aliphatic carbocycles. The highest BCUT2D eigenvalue weighted by molar-refractivity contribution is 5.75. The van der Waals surface area contributed by atoms with Crippen molar-refractivity contribution in [2.75, 3.05) is 6.61 Å². The van der Waals surface area contributed by atoms with Crippen LogP contribution in [-0.2, 0) is 9.53 Å². The lowest BCUT2D eigenvalue weighted by molar-refractivity contribution is -0.146. The Morgan fingerprint density at radius 3 is 1.26 bits per heavy atom. The molecular weight excluding hydrogens is 382 g/mol. The zero-order chi connectivity index (χ0) is 23.0. The molecule has 0 fully saturated rings. The molecule has 3 heteroatoms. The van der Waals surface area contributed by atoms with Gasteiger partial charge in [0.1, 0.15) is 6.04 Å². The van der Waals surface area contributed by atoms with Gasteiger partial charge in [0.05, 0.1) is 6.61 Å². The summed E-state index contributed by atoms with van der Waals surface area (Å²) in [5.41, 5.74) is 5.89. The molecule has 0 unspecified atom stereocenters. The van der Waals surface area contributed by atoms with Gasteiger partial charge in [0.2, 0.25) is 0 Å². The summed E-state index contributed by atoms with van der Waals surface area (Å²) in [7, 11) is 0. The van der Waals surface area contributed by atoms with Gasteiger partial charge in [-0.2, -0.15) is 0 Å². The summed E-state index contributed by atoms with van der Waals surface area (Å²) in [6.07, 6.45) is 28.5. The lowest BCUT2D eigenvalue weighted by Gasteiger charge is -2.16. The van der Waals surface area contributed by atoms with Gasteiger partial charge in [-0.15, -0.1) is 0 Å². The zero-order valence-corrected chi connectivity index (χ0v) is 21.6. The van der Waals surface area contributed by atoms with E-state index >= 15 is 0 Å². The van der Waals surface area contributed by atoms with Crippen LogP contribution in [0.2, 0.25) is 0 Å². The Kier molecular flexibility index (Phi) is 23.6. The summed E-state index contributed by atoms with van der Waals surface area (Å²) < 4.78 is 5.30. The van der Waals surface area contributed by atoms with Crippen LogP contribution in [0.15, 0.2) is 0 Å². The Hall–Kier alpha value is -0.570. The van der Waals surface area contributed by atoms with E-state index in [0.29, 0.717) is 6.61 Å². The molecule has 2 N–H and O–H groups in total. The van der Waals surface area contributed by atoms with Crippen molar-refractivity contribution in [3.63, 3.8) is 0 Å². The predicted molar refractivity (Wildman–Crippen MR) is 136 cm³/mol. The molecule has 0 saturated heterocycles. The van der Waals surface area contributed by atoms with Crippen LogP contribution in [0.1, 0.15) is 156 Å². The van der Waals surface area contributed by atoms with Crippen LogP contribution in [-0.4, -0.2) is 18.6 Å². The normalized spacial score (nSPS) is 13.3. The van der Waals surface area contributed by atoms with Gasteiger partial charge in [-0.25, -0.2) is 0 Å². The Morgan fingerprint density at radius 2 is 0.935 bits per heavy atom. The Bertz CT molecular complexity index is 372.